The van der Waals surface area contributed by atoms with Gasteiger partial charge in [-0.2, -0.15) is 0 Å². The molecule has 0 saturated heterocycles. The molecule has 192 valence electrons. The van der Waals surface area contributed by atoms with E-state index in [-0.39, 0.29) is 42.2 Å². The third kappa shape index (κ3) is 4.21. The Kier molecular flexibility index (Phi) is 7.57. The van der Waals surface area contributed by atoms with Crippen molar-refractivity contribution in [1.29, 1.82) is 0 Å². The normalized spacial score (nSPS) is 49.3. The molecule has 4 aliphatic rings. The van der Waals surface area contributed by atoms with Crippen molar-refractivity contribution < 1.29 is 30.6 Å². The minimum Gasteiger partial charge on any atom is -0.396 e. The molecule has 0 bridgehead atoms. The first-order valence-electron chi connectivity index (χ1n) is 13.5. The summed E-state index contributed by atoms with van der Waals surface area (Å²) in [5, 5.41) is 62.4. The second kappa shape index (κ2) is 9.67. The molecule has 4 aliphatic carbocycles. The Morgan fingerprint density at radius 3 is 2.24 bits per heavy atom. The van der Waals surface area contributed by atoms with E-state index in [0.29, 0.717) is 36.0 Å². The van der Waals surface area contributed by atoms with Crippen LogP contribution in [0.2, 0.25) is 0 Å². The zero-order valence-electron chi connectivity index (χ0n) is 20.8. The van der Waals surface area contributed by atoms with Gasteiger partial charge in [0.05, 0.1) is 37.6 Å². The Morgan fingerprint density at radius 1 is 0.879 bits per heavy atom. The predicted octanol–water partition coefficient (Wildman–Crippen LogP) is 2.33. The second-order valence-corrected chi connectivity index (χ2v) is 12.8. The van der Waals surface area contributed by atoms with Gasteiger partial charge < -0.3 is 30.6 Å². The van der Waals surface area contributed by atoms with E-state index in [9.17, 15) is 30.6 Å². The fourth-order valence-electron chi connectivity index (χ4n) is 9.30. The standard InChI is InChI=1S/C27H48O6/c1-15(4-7-22(31)16(13-28)14-29)19-5-6-20-25-21(12-24(33)27(19,20)3)26(2)9-8-18(30)10-17(26)11-23(25)32/h15-25,28-33H,4-14H2,1-3H3/t15-,17?,18?,19-,20+,21+,22+,23?,24?,25+,26+,27-/m1/s1. The van der Waals surface area contributed by atoms with Gasteiger partial charge in [0.25, 0.3) is 0 Å². The summed E-state index contributed by atoms with van der Waals surface area (Å²) in [4.78, 5) is 0. The molecule has 4 fully saturated rings. The zero-order chi connectivity index (χ0) is 24.1. The summed E-state index contributed by atoms with van der Waals surface area (Å²) in [6.45, 7) is 6.39. The molecule has 4 unspecified atom stereocenters. The Hall–Kier alpha value is -0.240. The van der Waals surface area contributed by atoms with Crippen molar-refractivity contribution in [1.82, 2.24) is 0 Å². The summed E-state index contributed by atoms with van der Waals surface area (Å²) in [6.07, 6.45) is 5.77. The maximum atomic E-state index is 11.6. The summed E-state index contributed by atoms with van der Waals surface area (Å²) in [5.41, 5.74) is -0.153. The average molecular weight is 469 g/mol. The molecule has 4 saturated carbocycles. The lowest BCUT2D eigenvalue weighted by molar-refractivity contribution is -0.207. The van der Waals surface area contributed by atoms with E-state index in [0.717, 1.165) is 51.4 Å². The van der Waals surface area contributed by atoms with E-state index in [4.69, 9.17) is 0 Å². The van der Waals surface area contributed by atoms with Crippen LogP contribution in [0.5, 0.6) is 0 Å². The number of rotatable bonds is 7. The number of hydrogen-bond acceptors (Lipinski definition) is 6. The Morgan fingerprint density at radius 2 is 1.58 bits per heavy atom. The highest BCUT2D eigenvalue weighted by Crippen LogP contribution is 2.68. The summed E-state index contributed by atoms with van der Waals surface area (Å²) in [5.74, 6) is 1.29. The SMILES string of the molecule is C[C@H](CC[C@H](O)C(CO)CO)[C@H]1CC[C@H]2[C@@H]3C(O)CC4CC(O)CC[C@]4(C)[C@H]3CC(O)[C@]12C. The fourth-order valence-corrected chi connectivity index (χ4v) is 9.30. The number of aliphatic hydroxyl groups is 6. The molecular formula is C27H48O6. The fraction of sp³-hybridized carbons (Fsp3) is 1.00. The molecule has 0 amide bonds. The summed E-state index contributed by atoms with van der Waals surface area (Å²) < 4.78 is 0. The molecule has 4 rings (SSSR count). The van der Waals surface area contributed by atoms with Gasteiger partial charge in [-0.25, -0.2) is 0 Å². The second-order valence-electron chi connectivity index (χ2n) is 12.8. The Bertz CT molecular complexity index is 669. The molecule has 0 heterocycles. The lowest BCUT2D eigenvalue weighted by Crippen LogP contribution is -2.62. The van der Waals surface area contributed by atoms with Crippen LogP contribution >= 0.6 is 0 Å². The maximum Gasteiger partial charge on any atom is 0.0612 e. The summed E-state index contributed by atoms with van der Waals surface area (Å²) >= 11 is 0. The number of aliphatic hydroxyl groups excluding tert-OH is 6. The monoisotopic (exact) mass is 468 g/mol. The Labute approximate surface area is 199 Å². The van der Waals surface area contributed by atoms with E-state index < -0.39 is 18.1 Å². The highest BCUT2D eigenvalue weighted by atomic mass is 16.3. The van der Waals surface area contributed by atoms with Gasteiger partial charge in [0.1, 0.15) is 0 Å². The van der Waals surface area contributed by atoms with Crippen molar-refractivity contribution in [2.24, 2.45) is 52.3 Å². The van der Waals surface area contributed by atoms with Crippen LogP contribution in [0.25, 0.3) is 0 Å². The van der Waals surface area contributed by atoms with Crippen LogP contribution in [-0.2, 0) is 0 Å². The van der Waals surface area contributed by atoms with Crippen LogP contribution in [0.15, 0.2) is 0 Å². The van der Waals surface area contributed by atoms with Crippen molar-refractivity contribution >= 4 is 0 Å². The van der Waals surface area contributed by atoms with Gasteiger partial charge in [0.15, 0.2) is 0 Å². The minimum atomic E-state index is -0.716. The molecular weight excluding hydrogens is 420 g/mol. The van der Waals surface area contributed by atoms with Crippen LogP contribution in [0.4, 0.5) is 0 Å². The molecule has 12 atom stereocenters. The van der Waals surface area contributed by atoms with Crippen LogP contribution in [-0.4, -0.2) is 68.3 Å². The van der Waals surface area contributed by atoms with E-state index in [1.54, 1.807) is 0 Å². The van der Waals surface area contributed by atoms with Crippen molar-refractivity contribution in [3.63, 3.8) is 0 Å². The van der Waals surface area contributed by atoms with Gasteiger partial charge >= 0.3 is 0 Å². The van der Waals surface area contributed by atoms with E-state index in [1.165, 1.54) is 0 Å². The van der Waals surface area contributed by atoms with E-state index in [1.807, 2.05) is 0 Å². The van der Waals surface area contributed by atoms with Crippen molar-refractivity contribution in [3.8, 4) is 0 Å². The van der Waals surface area contributed by atoms with Crippen LogP contribution in [0.1, 0.15) is 78.6 Å². The van der Waals surface area contributed by atoms with Crippen LogP contribution in [0.3, 0.4) is 0 Å². The van der Waals surface area contributed by atoms with Crippen molar-refractivity contribution in [2.45, 2.75) is 103 Å². The minimum absolute atomic E-state index is 0.0862. The van der Waals surface area contributed by atoms with Gasteiger partial charge in [-0.05, 0) is 104 Å². The first-order chi connectivity index (χ1) is 15.6. The molecule has 0 aromatic heterocycles. The molecule has 0 radical (unpaired) electrons. The molecule has 6 N–H and O–H groups in total. The maximum absolute atomic E-state index is 11.6. The van der Waals surface area contributed by atoms with E-state index >= 15 is 0 Å². The first-order valence-corrected chi connectivity index (χ1v) is 13.5. The van der Waals surface area contributed by atoms with Crippen LogP contribution in [0, 0.1) is 52.3 Å². The van der Waals surface area contributed by atoms with Gasteiger partial charge in [-0.3, -0.25) is 0 Å². The lowest BCUT2D eigenvalue weighted by atomic mass is 9.43. The molecule has 0 spiro atoms. The highest BCUT2D eigenvalue weighted by molar-refractivity contribution is 5.14. The van der Waals surface area contributed by atoms with Gasteiger partial charge in [0, 0.05) is 5.92 Å². The number of hydrogen-bond donors (Lipinski definition) is 6. The summed E-state index contributed by atoms with van der Waals surface area (Å²) in [7, 11) is 0. The lowest BCUT2D eigenvalue weighted by Gasteiger charge is -2.63. The van der Waals surface area contributed by atoms with Crippen molar-refractivity contribution in [2.75, 3.05) is 13.2 Å². The van der Waals surface area contributed by atoms with Gasteiger partial charge in [-0.1, -0.05) is 20.8 Å². The quantitative estimate of drug-likeness (QED) is 0.341. The van der Waals surface area contributed by atoms with Gasteiger partial charge in [-0.15, -0.1) is 0 Å². The summed E-state index contributed by atoms with van der Waals surface area (Å²) in [6, 6.07) is 0. The third-order valence-corrected chi connectivity index (χ3v) is 11.5. The smallest absolute Gasteiger partial charge is 0.0612 e. The molecule has 33 heavy (non-hydrogen) atoms. The Balaban J connectivity index is 1.51. The molecule has 6 nitrogen and oxygen atoms in total. The molecule has 0 aromatic carbocycles. The number of fused-ring (bicyclic) bond motifs is 5. The zero-order valence-corrected chi connectivity index (χ0v) is 20.8. The predicted molar refractivity (Wildman–Crippen MR) is 126 cm³/mol. The first kappa shape index (κ1) is 25.8. The van der Waals surface area contributed by atoms with Gasteiger partial charge in [0.2, 0.25) is 0 Å². The molecule has 0 aliphatic heterocycles. The largest absolute Gasteiger partial charge is 0.396 e. The van der Waals surface area contributed by atoms with Crippen molar-refractivity contribution in [3.05, 3.63) is 0 Å². The van der Waals surface area contributed by atoms with Crippen LogP contribution < -0.4 is 0 Å². The highest BCUT2D eigenvalue weighted by Gasteiger charge is 2.65. The topological polar surface area (TPSA) is 121 Å². The average Bonchev–Trinajstić information content (AvgIpc) is 3.13. The van der Waals surface area contributed by atoms with E-state index in [2.05, 4.69) is 20.8 Å². The molecule has 6 heteroatoms. The molecule has 0 aromatic rings. The third-order valence-electron chi connectivity index (χ3n) is 11.5.